The SMILES string of the molecule is CCCC(=O)NCC1CCN(c2ccnc(C(F)(F)F)n2)CC1. The fourth-order valence-corrected chi connectivity index (χ4v) is 2.60. The van der Waals surface area contributed by atoms with Crippen molar-refractivity contribution >= 4 is 11.7 Å². The highest BCUT2D eigenvalue weighted by atomic mass is 19.4. The Labute approximate surface area is 133 Å². The van der Waals surface area contributed by atoms with E-state index in [1.165, 1.54) is 6.07 Å². The molecule has 1 aromatic rings. The van der Waals surface area contributed by atoms with Gasteiger partial charge in [-0.1, -0.05) is 6.92 Å². The Morgan fingerprint density at radius 3 is 2.70 bits per heavy atom. The lowest BCUT2D eigenvalue weighted by atomic mass is 9.96. The molecule has 8 heteroatoms. The third kappa shape index (κ3) is 5.07. The van der Waals surface area contributed by atoms with Crippen LogP contribution in [0.1, 0.15) is 38.4 Å². The van der Waals surface area contributed by atoms with Crippen molar-refractivity contribution in [1.82, 2.24) is 15.3 Å². The number of carbonyl (C=O) groups excluding carboxylic acids is 1. The summed E-state index contributed by atoms with van der Waals surface area (Å²) in [7, 11) is 0. The van der Waals surface area contributed by atoms with Gasteiger partial charge in [0.1, 0.15) is 5.82 Å². The number of hydrogen-bond acceptors (Lipinski definition) is 4. The number of aromatic nitrogens is 2. The van der Waals surface area contributed by atoms with Crippen LogP contribution < -0.4 is 10.2 Å². The van der Waals surface area contributed by atoms with Gasteiger partial charge in [-0.05, 0) is 31.2 Å². The van der Waals surface area contributed by atoms with Crippen molar-refractivity contribution < 1.29 is 18.0 Å². The first kappa shape index (κ1) is 17.5. The normalized spacial score (nSPS) is 16.4. The molecule has 23 heavy (non-hydrogen) atoms. The molecular formula is C15H21F3N4O. The summed E-state index contributed by atoms with van der Waals surface area (Å²) in [5.41, 5.74) is 0. The summed E-state index contributed by atoms with van der Waals surface area (Å²) >= 11 is 0. The van der Waals surface area contributed by atoms with Gasteiger partial charge < -0.3 is 10.2 Å². The largest absolute Gasteiger partial charge is 0.451 e. The van der Waals surface area contributed by atoms with Crippen molar-refractivity contribution in [3.8, 4) is 0 Å². The minimum atomic E-state index is -4.53. The molecule has 128 valence electrons. The topological polar surface area (TPSA) is 58.1 Å². The Kier molecular flexibility index (Phi) is 5.79. The zero-order valence-electron chi connectivity index (χ0n) is 13.1. The van der Waals surface area contributed by atoms with Gasteiger partial charge >= 0.3 is 6.18 Å². The maximum Gasteiger partial charge on any atom is 0.451 e. The molecule has 0 atom stereocenters. The molecular weight excluding hydrogens is 309 g/mol. The maximum absolute atomic E-state index is 12.7. The molecule has 1 amide bonds. The summed E-state index contributed by atoms with van der Waals surface area (Å²) in [6.07, 6.45) is -0.408. The van der Waals surface area contributed by atoms with E-state index in [1.807, 2.05) is 11.8 Å². The van der Waals surface area contributed by atoms with Crippen molar-refractivity contribution in [2.24, 2.45) is 5.92 Å². The summed E-state index contributed by atoms with van der Waals surface area (Å²) in [6.45, 7) is 3.84. The van der Waals surface area contributed by atoms with E-state index in [0.29, 0.717) is 37.8 Å². The predicted molar refractivity (Wildman–Crippen MR) is 79.9 cm³/mol. The molecule has 0 saturated carbocycles. The quantitative estimate of drug-likeness (QED) is 0.902. The zero-order chi connectivity index (χ0) is 16.9. The highest BCUT2D eigenvalue weighted by Crippen LogP contribution is 2.28. The first-order chi connectivity index (χ1) is 10.9. The molecule has 2 rings (SSSR count). The van der Waals surface area contributed by atoms with E-state index in [-0.39, 0.29) is 5.91 Å². The van der Waals surface area contributed by atoms with Crippen LogP contribution in [0.2, 0.25) is 0 Å². The second kappa shape index (κ2) is 7.61. The smallest absolute Gasteiger partial charge is 0.356 e. The van der Waals surface area contributed by atoms with Crippen LogP contribution in [0.4, 0.5) is 19.0 Å². The lowest BCUT2D eigenvalue weighted by molar-refractivity contribution is -0.144. The first-order valence-corrected chi connectivity index (χ1v) is 7.82. The molecule has 0 spiro atoms. The average Bonchev–Trinajstić information content (AvgIpc) is 2.53. The fourth-order valence-electron chi connectivity index (χ4n) is 2.60. The Balaban J connectivity index is 1.86. The van der Waals surface area contributed by atoms with Crippen LogP contribution in [0.3, 0.4) is 0 Å². The molecule has 5 nitrogen and oxygen atoms in total. The van der Waals surface area contributed by atoms with Crippen molar-refractivity contribution in [3.63, 3.8) is 0 Å². The second-order valence-electron chi connectivity index (χ2n) is 5.72. The number of hydrogen-bond donors (Lipinski definition) is 1. The zero-order valence-corrected chi connectivity index (χ0v) is 13.1. The van der Waals surface area contributed by atoms with Crippen LogP contribution >= 0.6 is 0 Å². The Hall–Kier alpha value is -1.86. The molecule has 0 bridgehead atoms. The molecule has 0 aliphatic carbocycles. The summed E-state index contributed by atoms with van der Waals surface area (Å²) in [5.74, 6) is -0.388. The molecule has 0 unspecified atom stereocenters. The van der Waals surface area contributed by atoms with E-state index in [1.54, 1.807) is 0 Å². The van der Waals surface area contributed by atoms with E-state index in [2.05, 4.69) is 15.3 Å². The second-order valence-corrected chi connectivity index (χ2v) is 5.72. The number of carbonyl (C=O) groups is 1. The summed E-state index contributed by atoms with van der Waals surface area (Å²) in [6, 6.07) is 1.50. The van der Waals surface area contributed by atoms with Gasteiger partial charge in [-0.3, -0.25) is 4.79 Å². The highest BCUT2D eigenvalue weighted by molar-refractivity contribution is 5.75. The van der Waals surface area contributed by atoms with Gasteiger partial charge in [-0.25, -0.2) is 9.97 Å². The number of piperidine rings is 1. The van der Waals surface area contributed by atoms with Crippen molar-refractivity contribution in [2.45, 2.75) is 38.8 Å². The summed E-state index contributed by atoms with van der Waals surface area (Å²) < 4.78 is 38.0. The number of amides is 1. The molecule has 0 radical (unpaired) electrons. The van der Waals surface area contributed by atoms with Gasteiger partial charge in [-0.2, -0.15) is 13.2 Å². The van der Waals surface area contributed by atoms with Gasteiger partial charge in [0.15, 0.2) is 0 Å². The molecule has 1 fully saturated rings. The number of nitrogens with zero attached hydrogens (tertiary/aromatic N) is 3. The van der Waals surface area contributed by atoms with Gasteiger partial charge in [-0.15, -0.1) is 0 Å². The van der Waals surface area contributed by atoms with Gasteiger partial charge in [0.2, 0.25) is 11.7 Å². The number of halogens is 3. The third-order valence-electron chi connectivity index (χ3n) is 3.90. The van der Waals surface area contributed by atoms with Crippen LogP contribution in [0.25, 0.3) is 0 Å². The van der Waals surface area contributed by atoms with Gasteiger partial charge in [0.05, 0.1) is 0 Å². The summed E-state index contributed by atoms with van der Waals surface area (Å²) in [5, 5.41) is 2.91. The number of anilines is 1. The molecule has 1 aliphatic rings. The fraction of sp³-hybridized carbons (Fsp3) is 0.667. The average molecular weight is 330 g/mol. The van der Waals surface area contributed by atoms with Crippen LogP contribution in [0.15, 0.2) is 12.3 Å². The number of rotatable bonds is 5. The Morgan fingerprint density at radius 2 is 2.09 bits per heavy atom. The van der Waals surface area contributed by atoms with E-state index in [9.17, 15) is 18.0 Å². The van der Waals surface area contributed by atoms with Crippen LogP contribution in [0, 0.1) is 5.92 Å². The standard InChI is InChI=1S/C15H21F3N4O/c1-2-3-13(23)20-10-11-5-8-22(9-6-11)12-4-7-19-14(21-12)15(16,17)18/h4,7,11H,2-3,5-6,8-10H2,1H3,(H,20,23). The van der Waals surface area contributed by atoms with E-state index in [0.717, 1.165) is 25.5 Å². The lowest BCUT2D eigenvalue weighted by Gasteiger charge is -2.33. The maximum atomic E-state index is 12.7. The molecule has 2 heterocycles. The Morgan fingerprint density at radius 1 is 1.39 bits per heavy atom. The van der Waals surface area contributed by atoms with Crippen molar-refractivity contribution in [1.29, 1.82) is 0 Å². The van der Waals surface area contributed by atoms with Crippen LogP contribution in [-0.2, 0) is 11.0 Å². The molecule has 1 aliphatic heterocycles. The number of alkyl halides is 3. The monoisotopic (exact) mass is 330 g/mol. The lowest BCUT2D eigenvalue weighted by Crippen LogP contribution is -2.39. The highest BCUT2D eigenvalue weighted by Gasteiger charge is 2.35. The molecule has 1 saturated heterocycles. The summed E-state index contributed by atoms with van der Waals surface area (Å²) in [4.78, 5) is 20.2. The molecule has 1 aromatic heterocycles. The van der Waals surface area contributed by atoms with Crippen molar-refractivity contribution in [2.75, 3.05) is 24.5 Å². The minimum absolute atomic E-state index is 0.0561. The Bertz CT molecular complexity index is 528. The van der Waals surface area contributed by atoms with Gasteiger partial charge in [0.25, 0.3) is 0 Å². The first-order valence-electron chi connectivity index (χ1n) is 7.82. The van der Waals surface area contributed by atoms with E-state index in [4.69, 9.17) is 0 Å². The van der Waals surface area contributed by atoms with Crippen LogP contribution in [-0.4, -0.2) is 35.5 Å². The predicted octanol–water partition coefficient (Wildman–Crippen LogP) is 2.63. The molecule has 0 aromatic carbocycles. The van der Waals surface area contributed by atoms with E-state index >= 15 is 0 Å². The van der Waals surface area contributed by atoms with E-state index < -0.39 is 12.0 Å². The van der Waals surface area contributed by atoms with Gasteiger partial charge in [0, 0.05) is 32.3 Å². The molecule has 1 N–H and O–H groups in total. The van der Waals surface area contributed by atoms with Crippen molar-refractivity contribution in [3.05, 3.63) is 18.1 Å². The minimum Gasteiger partial charge on any atom is -0.356 e. The van der Waals surface area contributed by atoms with Crippen LogP contribution in [0.5, 0.6) is 0 Å². The third-order valence-corrected chi connectivity index (χ3v) is 3.90. The number of nitrogens with one attached hydrogen (secondary N) is 1.